The number of benzene rings is 1. The Morgan fingerprint density at radius 3 is 2.65 bits per heavy atom. The first-order valence-electron chi connectivity index (χ1n) is 10.8. The summed E-state index contributed by atoms with van der Waals surface area (Å²) in [6.07, 6.45) is 3.65. The maximum atomic E-state index is 14.4. The molecule has 2 aliphatic heterocycles. The van der Waals surface area contributed by atoms with Gasteiger partial charge in [-0.1, -0.05) is 12.1 Å². The predicted octanol–water partition coefficient (Wildman–Crippen LogP) is 3.06. The van der Waals surface area contributed by atoms with Gasteiger partial charge in [0.25, 0.3) is 5.91 Å². The lowest BCUT2D eigenvalue weighted by atomic mass is 9.75. The third kappa shape index (κ3) is 3.44. The van der Waals surface area contributed by atoms with Crippen LogP contribution in [-0.2, 0) is 16.8 Å². The minimum atomic E-state index is -1.30. The Balaban J connectivity index is 1.61. The number of nitrogens with zero attached hydrogens (tertiary/aromatic N) is 4. The Hall–Kier alpha value is -4.01. The number of ether oxygens (including phenoxy) is 2. The molecule has 2 unspecified atom stereocenters. The van der Waals surface area contributed by atoms with E-state index in [-0.39, 0.29) is 23.9 Å². The first-order valence-corrected chi connectivity index (χ1v) is 10.8. The fraction of sp³-hybridized carbons (Fsp3) is 0.280. The van der Waals surface area contributed by atoms with Gasteiger partial charge in [0.1, 0.15) is 17.1 Å². The fourth-order valence-corrected chi connectivity index (χ4v) is 4.77. The van der Waals surface area contributed by atoms with E-state index in [0.717, 1.165) is 11.3 Å². The van der Waals surface area contributed by atoms with E-state index in [0.29, 0.717) is 23.4 Å². The second-order valence-electron chi connectivity index (χ2n) is 8.86. The number of halogens is 1. The third-order valence-corrected chi connectivity index (χ3v) is 6.38. The molecule has 0 aliphatic carbocycles. The molecule has 8 nitrogen and oxygen atoms in total. The number of methoxy groups -OCH3 is 1. The lowest BCUT2D eigenvalue weighted by molar-refractivity contribution is -0.133. The summed E-state index contributed by atoms with van der Waals surface area (Å²) >= 11 is 0. The van der Waals surface area contributed by atoms with Crippen LogP contribution < -0.4 is 15.2 Å². The monoisotopic (exact) mass is 461 g/mol. The summed E-state index contributed by atoms with van der Waals surface area (Å²) < 4.78 is 26.1. The van der Waals surface area contributed by atoms with E-state index >= 15 is 0 Å². The molecule has 0 fully saturated rings. The summed E-state index contributed by atoms with van der Waals surface area (Å²) in [5.74, 6) is 0.373. The Bertz CT molecular complexity index is 1310. The number of carbonyl (C=O) groups excluding carboxylic acids is 1. The van der Waals surface area contributed by atoms with Gasteiger partial charge in [-0.15, -0.1) is 0 Å². The number of hydrogen-bond donors (Lipinski definition) is 1. The van der Waals surface area contributed by atoms with Gasteiger partial charge in [0.05, 0.1) is 24.6 Å². The number of fused-ring (bicyclic) bond motifs is 2. The van der Waals surface area contributed by atoms with Crippen LogP contribution in [-0.4, -0.2) is 46.5 Å². The van der Waals surface area contributed by atoms with Crippen molar-refractivity contribution in [1.82, 2.24) is 14.9 Å². The van der Waals surface area contributed by atoms with Crippen molar-refractivity contribution in [3.05, 3.63) is 71.9 Å². The minimum absolute atomic E-state index is 0.121. The number of guanidine groups is 1. The quantitative estimate of drug-likeness (QED) is 0.599. The average molecular weight is 461 g/mol. The van der Waals surface area contributed by atoms with Crippen molar-refractivity contribution in [2.75, 3.05) is 14.2 Å². The molecule has 4 heterocycles. The number of amides is 1. The molecule has 5 rings (SSSR count). The highest BCUT2D eigenvalue weighted by molar-refractivity contribution is 6.07. The summed E-state index contributed by atoms with van der Waals surface area (Å²) in [6, 6.07) is 12.5. The number of rotatable bonds is 4. The van der Waals surface area contributed by atoms with Crippen LogP contribution in [0, 0.1) is 5.95 Å². The Labute approximate surface area is 196 Å². The van der Waals surface area contributed by atoms with Crippen LogP contribution in [0.3, 0.4) is 0 Å². The van der Waals surface area contributed by atoms with Crippen LogP contribution in [0.25, 0.3) is 11.3 Å². The standard InChI is InChI=1S/C25H24FN5O3/c1-24(12-15-6-8-16(33-3)9-7-15)14-25(22(32)31(2)23(27)30-25)18-11-19(29-13-20(18)34-24)17-5-4-10-28-21(17)26/h4-11,13H,12,14H2,1-3H3,(H2,27,30). The van der Waals surface area contributed by atoms with Crippen LogP contribution in [0.5, 0.6) is 11.5 Å². The Morgan fingerprint density at radius 1 is 1.24 bits per heavy atom. The second kappa shape index (κ2) is 7.79. The van der Waals surface area contributed by atoms with Gasteiger partial charge < -0.3 is 15.2 Å². The average Bonchev–Trinajstić information content (AvgIpc) is 3.03. The lowest BCUT2D eigenvalue weighted by Crippen LogP contribution is -2.51. The van der Waals surface area contributed by atoms with E-state index in [9.17, 15) is 9.18 Å². The number of hydrogen-bond acceptors (Lipinski definition) is 7. The molecule has 3 aromatic rings. The zero-order valence-corrected chi connectivity index (χ0v) is 19.1. The van der Waals surface area contributed by atoms with Gasteiger partial charge in [-0.25, -0.2) is 9.98 Å². The van der Waals surface area contributed by atoms with E-state index in [1.807, 2.05) is 31.2 Å². The van der Waals surface area contributed by atoms with Crippen LogP contribution in [0.2, 0.25) is 0 Å². The van der Waals surface area contributed by atoms with Crippen molar-refractivity contribution in [2.45, 2.75) is 30.9 Å². The third-order valence-electron chi connectivity index (χ3n) is 6.38. The van der Waals surface area contributed by atoms with Gasteiger partial charge in [-0.3, -0.25) is 14.7 Å². The molecule has 2 aromatic heterocycles. The summed E-state index contributed by atoms with van der Waals surface area (Å²) in [4.78, 5) is 27.6. The summed E-state index contributed by atoms with van der Waals surface area (Å²) in [5, 5.41) is 0. The number of pyridine rings is 2. The first-order chi connectivity index (χ1) is 16.2. The largest absolute Gasteiger partial charge is 0.497 e. The molecule has 1 amide bonds. The normalized spacial score (nSPS) is 23.5. The zero-order valence-electron chi connectivity index (χ0n) is 19.1. The van der Waals surface area contributed by atoms with Gasteiger partial charge in [-0.2, -0.15) is 4.39 Å². The van der Waals surface area contributed by atoms with Crippen LogP contribution >= 0.6 is 0 Å². The number of aromatic nitrogens is 2. The maximum absolute atomic E-state index is 14.4. The minimum Gasteiger partial charge on any atom is -0.497 e. The Morgan fingerprint density at radius 2 is 2.00 bits per heavy atom. The molecule has 2 N–H and O–H groups in total. The smallest absolute Gasteiger partial charge is 0.261 e. The number of likely N-dealkylation sites (N-methyl/N-ethyl adjacent to an activating group) is 1. The molecule has 0 saturated carbocycles. The maximum Gasteiger partial charge on any atom is 0.261 e. The number of aliphatic imine (C=N–C) groups is 1. The molecule has 2 aliphatic rings. The van der Waals surface area contributed by atoms with Crippen molar-refractivity contribution in [2.24, 2.45) is 10.7 Å². The van der Waals surface area contributed by atoms with Crippen LogP contribution in [0.4, 0.5) is 4.39 Å². The highest BCUT2D eigenvalue weighted by atomic mass is 19.1. The lowest BCUT2D eigenvalue weighted by Gasteiger charge is -2.43. The topological polar surface area (TPSA) is 103 Å². The molecule has 9 heteroatoms. The zero-order chi connectivity index (χ0) is 24.1. The van der Waals surface area contributed by atoms with Crippen molar-refractivity contribution in [1.29, 1.82) is 0 Å². The van der Waals surface area contributed by atoms with Crippen molar-refractivity contribution in [3.63, 3.8) is 0 Å². The summed E-state index contributed by atoms with van der Waals surface area (Å²) in [7, 11) is 3.21. The molecule has 0 radical (unpaired) electrons. The molecule has 174 valence electrons. The van der Waals surface area contributed by atoms with Crippen LogP contribution in [0.15, 0.2) is 59.9 Å². The molecule has 2 atom stereocenters. The van der Waals surface area contributed by atoms with Gasteiger partial charge >= 0.3 is 0 Å². The van der Waals surface area contributed by atoms with E-state index in [2.05, 4.69) is 15.0 Å². The van der Waals surface area contributed by atoms with E-state index in [4.69, 9.17) is 15.2 Å². The highest BCUT2D eigenvalue weighted by Crippen LogP contribution is 2.50. The summed E-state index contributed by atoms with van der Waals surface area (Å²) in [6.45, 7) is 1.94. The van der Waals surface area contributed by atoms with Crippen molar-refractivity contribution < 1.29 is 18.7 Å². The molecule has 0 saturated heterocycles. The van der Waals surface area contributed by atoms with E-state index in [1.54, 1.807) is 32.4 Å². The highest BCUT2D eigenvalue weighted by Gasteiger charge is 2.57. The molecule has 0 bridgehead atoms. The predicted molar refractivity (Wildman–Crippen MR) is 124 cm³/mol. The Kier molecular flexibility index (Phi) is 5.00. The SMILES string of the molecule is COc1ccc(CC2(C)CC3(N=C(N)N(C)C3=O)c3cc(-c4cccnc4F)ncc3O2)cc1. The van der Waals surface area contributed by atoms with Gasteiger partial charge in [0.15, 0.2) is 11.5 Å². The van der Waals surface area contributed by atoms with E-state index in [1.165, 1.54) is 17.3 Å². The number of carbonyl (C=O) groups is 1. The fourth-order valence-electron chi connectivity index (χ4n) is 4.77. The molecular formula is C25H24FN5O3. The number of nitrogens with two attached hydrogens (primary N) is 1. The van der Waals surface area contributed by atoms with Crippen LogP contribution in [0.1, 0.15) is 24.5 Å². The molecule has 1 spiro atoms. The van der Waals surface area contributed by atoms with Gasteiger partial charge in [0, 0.05) is 31.6 Å². The van der Waals surface area contributed by atoms with Gasteiger partial charge in [-0.05, 0) is 42.8 Å². The van der Waals surface area contributed by atoms with Crippen molar-refractivity contribution >= 4 is 11.9 Å². The molecular weight excluding hydrogens is 437 g/mol. The van der Waals surface area contributed by atoms with E-state index < -0.39 is 17.1 Å². The summed E-state index contributed by atoms with van der Waals surface area (Å²) in [5.41, 5.74) is 6.09. The van der Waals surface area contributed by atoms with Crippen molar-refractivity contribution in [3.8, 4) is 22.8 Å². The first kappa shape index (κ1) is 21.8. The van der Waals surface area contributed by atoms with Gasteiger partial charge in [0.2, 0.25) is 5.95 Å². The second-order valence-corrected chi connectivity index (χ2v) is 8.86. The molecule has 1 aromatic carbocycles. The molecule has 34 heavy (non-hydrogen) atoms.